The molecule has 0 N–H and O–H groups in total. The number of carbonyl (C=O) groups is 1. The third-order valence-corrected chi connectivity index (χ3v) is 3.58. The van der Waals surface area contributed by atoms with Crippen LogP contribution < -0.4 is 0 Å². The first-order valence-electron chi connectivity index (χ1n) is 6.29. The Labute approximate surface area is 107 Å². The molecule has 1 unspecified atom stereocenters. The van der Waals surface area contributed by atoms with Crippen LogP contribution in [0.1, 0.15) is 42.4 Å². The Morgan fingerprint density at radius 3 is 2.67 bits per heavy atom. The Kier molecular flexibility index (Phi) is 3.41. The first-order valence-corrected chi connectivity index (χ1v) is 6.29. The van der Waals surface area contributed by atoms with Crippen molar-refractivity contribution in [3.8, 4) is 0 Å². The lowest BCUT2D eigenvalue weighted by atomic mass is 10.1. The van der Waals surface area contributed by atoms with E-state index in [-0.39, 0.29) is 5.97 Å². The number of carbonyl (C=O) groups excluding carboxylic acids is 1. The number of hydrogen-bond donors (Lipinski definition) is 0. The number of benzene rings is 1. The average molecular weight is 245 g/mol. The summed E-state index contributed by atoms with van der Waals surface area (Å²) >= 11 is 0. The van der Waals surface area contributed by atoms with Gasteiger partial charge in [-0.2, -0.15) is 0 Å². The van der Waals surface area contributed by atoms with E-state index < -0.39 is 0 Å². The van der Waals surface area contributed by atoms with Crippen molar-refractivity contribution in [2.45, 2.75) is 33.2 Å². The fourth-order valence-electron chi connectivity index (χ4n) is 2.50. The van der Waals surface area contributed by atoms with E-state index in [4.69, 9.17) is 4.74 Å². The summed E-state index contributed by atoms with van der Waals surface area (Å²) in [6.45, 7) is 6.30. The second kappa shape index (κ2) is 4.84. The van der Waals surface area contributed by atoms with Gasteiger partial charge in [-0.1, -0.05) is 25.1 Å². The monoisotopic (exact) mass is 245 g/mol. The zero-order chi connectivity index (χ0) is 13.3. The SMILES string of the molecule is CCC(C)n1c(C)c(C(=O)OC)c2ccccc21. The van der Waals surface area contributed by atoms with Crippen molar-refractivity contribution >= 4 is 16.9 Å². The first-order chi connectivity index (χ1) is 8.61. The molecule has 1 aromatic heterocycles. The third kappa shape index (κ3) is 1.80. The van der Waals surface area contributed by atoms with Crippen molar-refractivity contribution in [3.05, 3.63) is 35.5 Å². The van der Waals surface area contributed by atoms with E-state index in [0.29, 0.717) is 11.6 Å². The quantitative estimate of drug-likeness (QED) is 0.772. The van der Waals surface area contributed by atoms with Gasteiger partial charge < -0.3 is 9.30 Å². The molecule has 0 bridgehead atoms. The van der Waals surface area contributed by atoms with Gasteiger partial charge in [-0.05, 0) is 26.3 Å². The molecule has 2 rings (SSSR count). The lowest BCUT2D eigenvalue weighted by Gasteiger charge is -2.15. The van der Waals surface area contributed by atoms with E-state index in [1.165, 1.54) is 7.11 Å². The number of rotatable bonds is 3. The number of hydrogen-bond acceptors (Lipinski definition) is 2. The molecule has 0 aliphatic carbocycles. The Morgan fingerprint density at radius 2 is 2.06 bits per heavy atom. The number of esters is 1. The van der Waals surface area contributed by atoms with E-state index in [0.717, 1.165) is 23.0 Å². The molecule has 1 aromatic carbocycles. The standard InChI is InChI=1S/C15H19NO2/c1-5-10(2)16-11(3)14(15(17)18-4)12-8-6-7-9-13(12)16/h6-10H,5H2,1-4H3. The van der Waals surface area contributed by atoms with Crippen molar-refractivity contribution in [3.63, 3.8) is 0 Å². The van der Waals surface area contributed by atoms with Crippen molar-refractivity contribution < 1.29 is 9.53 Å². The first kappa shape index (κ1) is 12.7. The van der Waals surface area contributed by atoms with Gasteiger partial charge >= 0.3 is 5.97 Å². The van der Waals surface area contributed by atoms with Gasteiger partial charge in [0.05, 0.1) is 12.7 Å². The fraction of sp³-hybridized carbons (Fsp3) is 0.400. The van der Waals surface area contributed by atoms with Gasteiger partial charge in [0.25, 0.3) is 0 Å². The Bertz CT molecular complexity index is 583. The molecule has 1 heterocycles. The minimum absolute atomic E-state index is 0.259. The molecule has 0 saturated heterocycles. The number of para-hydroxylation sites is 1. The molecular formula is C15H19NO2. The van der Waals surface area contributed by atoms with Gasteiger partial charge in [-0.25, -0.2) is 4.79 Å². The van der Waals surface area contributed by atoms with Gasteiger partial charge in [-0.15, -0.1) is 0 Å². The molecule has 3 heteroatoms. The minimum atomic E-state index is -0.259. The predicted octanol–water partition coefficient (Wildman–Crippen LogP) is 3.71. The molecule has 0 saturated carbocycles. The zero-order valence-electron chi connectivity index (χ0n) is 11.4. The predicted molar refractivity (Wildman–Crippen MR) is 73.0 cm³/mol. The molecule has 18 heavy (non-hydrogen) atoms. The molecule has 0 aliphatic heterocycles. The maximum atomic E-state index is 11.9. The van der Waals surface area contributed by atoms with Crippen LogP contribution in [-0.4, -0.2) is 17.6 Å². The van der Waals surface area contributed by atoms with Gasteiger partial charge in [0.2, 0.25) is 0 Å². The summed E-state index contributed by atoms with van der Waals surface area (Å²) in [4.78, 5) is 11.9. The highest BCUT2D eigenvalue weighted by atomic mass is 16.5. The van der Waals surface area contributed by atoms with Crippen LogP contribution in [0.2, 0.25) is 0 Å². The number of methoxy groups -OCH3 is 1. The highest BCUT2D eigenvalue weighted by Crippen LogP contribution is 2.30. The van der Waals surface area contributed by atoms with Crippen molar-refractivity contribution in [2.24, 2.45) is 0 Å². The molecule has 0 radical (unpaired) electrons. The van der Waals surface area contributed by atoms with Crippen LogP contribution in [0.5, 0.6) is 0 Å². The van der Waals surface area contributed by atoms with Crippen LogP contribution in [-0.2, 0) is 4.74 Å². The summed E-state index contributed by atoms with van der Waals surface area (Å²) < 4.78 is 7.12. The molecule has 1 atom stereocenters. The Hall–Kier alpha value is -1.77. The highest BCUT2D eigenvalue weighted by molar-refractivity contribution is 6.05. The van der Waals surface area contributed by atoms with Crippen LogP contribution in [0.3, 0.4) is 0 Å². The Morgan fingerprint density at radius 1 is 1.39 bits per heavy atom. The lowest BCUT2D eigenvalue weighted by molar-refractivity contribution is 0.0602. The molecule has 96 valence electrons. The van der Waals surface area contributed by atoms with Crippen molar-refractivity contribution in [2.75, 3.05) is 7.11 Å². The second-order valence-corrected chi connectivity index (χ2v) is 4.60. The van der Waals surface area contributed by atoms with E-state index in [1.807, 2.05) is 25.1 Å². The molecule has 0 fully saturated rings. The minimum Gasteiger partial charge on any atom is -0.465 e. The summed E-state index contributed by atoms with van der Waals surface area (Å²) in [7, 11) is 1.43. The van der Waals surface area contributed by atoms with Crippen LogP contribution in [0.15, 0.2) is 24.3 Å². The topological polar surface area (TPSA) is 31.2 Å². The summed E-state index contributed by atoms with van der Waals surface area (Å²) in [6, 6.07) is 8.36. The van der Waals surface area contributed by atoms with Crippen LogP contribution in [0, 0.1) is 6.92 Å². The highest BCUT2D eigenvalue weighted by Gasteiger charge is 2.21. The number of aromatic nitrogens is 1. The van der Waals surface area contributed by atoms with Crippen molar-refractivity contribution in [1.82, 2.24) is 4.57 Å². The van der Waals surface area contributed by atoms with Gasteiger partial charge in [0.1, 0.15) is 0 Å². The molecule has 3 nitrogen and oxygen atoms in total. The van der Waals surface area contributed by atoms with Gasteiger partial charge in [-0.3, -0.25) is 0 Å². The Balaban J connectivity index is 2.79. The van der Waals surface area contributed by atoms with E-state index in [9.17, 15) is 4.79 Å². The van der Waals surface area contributed by atoms with Crippen LogP contribution >= 0.6 is 0 Å². The van der Waals surface area contributed by atoms with Gasteiger partial charge in [0.15, 0.2) is 0 Å². The summed E-state index contributed by atoms with van der Waals surface area (Å²) in [6.07, 6.45) is 1.03. The molecule has 0 aliphatic rings. The van der Waals surface area contributed by atoms with Crippen LogP contribution in [0.25, 0.3) is 10.9 Å². The molecular weight excluding hydrogens is 226 g/mol. The van der Waals surface area contributed by atoms with E-state index in [1.54, 1.807) is 0 Å². The third-order valence-electron chi connectivity index (χ3n) is 3.58. The molecule has 0 amide bonds. The molecule has 0 spiro atoms. The van der Waals surface area contributed by atoms with Gasteiger partial charge in [0, 0.05) is 22.6 Å². The number of ether oxygens (including phenoxy) is 1. The van der Waals surface area contributed by atoms with E-state index in [2.05, 4.69) is 24.5 Å². The number of nitrogens with zero attached hydrogens (tertiary/aromatic N) is 1. The largest absolute Gasteiger partial charge is 0.465 e. The normalized spacial score (nSPS) is 12.7. The maximum absolute atomic E-state index is 11.9. The van der Waals surface area contributed by atoms with Crippen LogP contribution in [0.4, 0.5) is 0 Å². The summed E-state index contributed by atoms with van der Waals surface area (Å²) in [5.41, 5.74) is 2.77. The summed E-state index contributed by atoms with van der Waals surface area (Å²) in [5, 5.41) is 0.974. The lowest BCUT2D eigenvalue weighted by Crippen LogP contribution is -2.08. The number of fused-ring (bicyclic) bond motifs is 1. The summed E-state index contributed by atoms with van der Waals surface area (Å²) in [5.74, 6) is -0.259. The smallest absolute Gasteiger partial charge is 0.340 e. The molecule has 2 aromatic rings. The van der Waals surface area contributed by atoms with E-state index >= 15 is 0 Å². The fourth-order valence-corrected chi connectivity index (χ4v) is 2.50. The average Bonchev–Trinajstić information content (AvgIpc) is 2.69. The second-order valence-electron chi connectivity index (χ2n) is 4.60. The van der Waals surface area contributed by atoms with Crippen molar-refractivity contribution in [1.29, 1.82) is 0 Å². The zero-order valence-corrected chi connectivity index (χ0v) is 11.4. The maximum Gasteiger partial charge on any atom is 0.340 e.